The zero-order chi connectivity index (χ0) is 17.0. The molecule has 1 rings (SSSR count). The fraction of sp³-hybridized carbons (Fsp3) is 0.571. The molecule has 0 aliphatic heterocycles. The lowest BCUT2D eigenvalue weighted by atomic mass is 9.79. The second kappa shape index (κ2) is 3.69. The van der Waals surface area contributed by atoms with Crippen LogP contribution in [0.4, 0.5) is 5.69 Å². The lowest BCUT2D eigenvalue weighted by molar-refractivity contribution is 0.445. The van der Waals surface area contributed by atoms with Crippen molar-refractivity contribution in [2.75, 3.05) is 5.73 Å². The first-order chi connectivity index (χ1) is 9.14. The molecule has 0 unspecified atom stereocenters. The van der Waals surface area contributed by atoms with E-state index in [0.717, 1.165) is 0 Å². The molecule has 90 valence electrons. The van der Waals surface area contributed by atoms with E-state index in [9.17, 15) is 5.11 Å². The van der Waals surface area contributed by atoms with Gasteiger partial charge in [-0.05, 0) is 28.0 Å². The fourth-order valence-electron chi connectivity index (χ4n) is 1.54. The summed E-state index contributed by atoms with van der Waals surface area (Å²) in [5.41, 5.74) is 4.05. The predicted molar refractivity (Wildman–Crippen MR) is 69.9 cm³/mol. The molecule has 0 saturated carbocycles. The Hall–Kier alpha value is -1.18. The Balaban J connectivity index is 3.91. The first-order valence-corrected chi connectivity index (χ1v) is 5.26. The summed E-state index contributed by atoms with van der Waals surface area (Å²) in [6.07, 6.45) is 0. The lowest BCUT2D eigenvalue weighted by Crippen LogP contribution is -2.18. The molecule has 0 bridgehead atoms. The van der Waals surface area contributed by atoms with Crippen molar-refractivity contribution in [3.8, 4) is 5.75 Å². The van der Waals surface area contributed by atoms with Crippen LogP contribution in [-0.2, 0) is 10.8 Å². The average molecular weight is 226 g/mol. The summed E-state index contributed by atoms with van der Waals surface area (Å²) in [6.45, 7) is 5.96. The van der Waals surface area contributed by atoms with E-state index in [1.165, 1.54) is 13.8 Å². The Kier molecular flexibility index (Phi) is 1.66. The number of hydrogen-bond donors (Lipinski definition) is 2. The van der Waals surface area contributed by atoms with E-state index in [2.05, 4.69) is 0 Å². The monoisotopic (exact) mass is 226 g/mol. The van der Waals surface area contributed by atoms with Crippen LogP contribution in [0.1, 0.15) is 59.5 Å². The van der Waals surface area contributed by atoms with Gasteiger partial charge >= 0.3 is 0 Å². The average Bonchev–Trinajstić information content (AvgIpc) is 2.22. The van der Waals surface area contributed by atoms with E-state index >= 15 is 0 Å². The van der Waals surface area contributed by atoms with E-state index in [0.29, 0.717) is 0 Å². The summed E-state index contributed by atoms with van der Waals surface area (Å²) in [7, 11) is 0. The molecule has 0 amide bonds. The fourth-order valence-corrected chi connectivity index (χ4v) is 1.54. The second-order valence-corrected chi connectivity index (χ2v) is 5.64. The summed E-state index contributed by atoms with van der Waals surface area (Å²) < 4.78 is 39.3. The molecular formula is C14H23NO. The number of nitrogens with two attached hydrogens (primary N) is 1. The number of phenolic OH excluding ortho intramolecular Hbond substituents is 1. The first kappa shape index (κ1) is 7.21. The van der Waals surface area contributed by atoms with Crippen molar-refractivity contribution in [1.29, 1.82) is 0 Å². The Bertz CT molecular complexity index is 570. The summed E-state index contributed by atoms with van der Waals surface area (Å²) in [5.74, 6) is -0.352. The van der Waals surface area contributed by atoms with Crippen LogP contribution < -0.4 is 5.73 Å². The Morgan fingerprint density at radius 1 is 1.12 bits per heavy atom. The van der Waals surface area contributed by atoms with Crippen molar-refractivity contribution in [2.24, 2.45) is 0 Å². The van der Waals surface area contributed by atoms with Gasteiger partial charge < -0.3 is 10.8 Å². The molecule has 1 aromatic rings. The van der Waals surface area contributed by atoms with E-state index in [-0.39, 0.29) is 34.6 Å². The molecule has 3 N–H and O–H groups in total. The molecule has 2 heteroatoms. The van der Waals surface area contributed by atoms with Crippen molar-refractivity contribution in [2.45, 2.75) is 52.3 Å². The van der Waals surface area contributed by atoms with Crippen molar-refractivity contribution in [1.82, 2.24) is 0 Å². The number of rotatable bonds is 0. The van der Waals surface area contributed by atoms with Crippen LogP contribution in [0.25, 0.3) is 0 Å². The molecular weight excluding hydrogens is 198 g/mol. The van der Waals surface area contributed by atoms with E-state index in [4.69, 9.17) is 12.6 Å². The van der Waals surface area contributed by atoms with Gasteiger partial charge in [0.15, 0.2) is 0 Å². The van der Waals surface area contributed by atoms with Crippen LogP contribution in [0.5, 0.6) is 5.75 Å². The molecule has 0 aromatic heterocycles. The molecule has 16 heavy (non-hydrogen) atoms. The largest absolute Gasteiger partial charge is 0.508 e. The van der Waals surface area contributed by atoms with Gasteiger partial charge in [-0.15, -0.1) is 0 Å². The van der Waals surface area contributed by atoms with Crippen molar-refractivity contribution in [3.05, 3.63) is 23.2 Å². The van der Waals surface area contributed by atoms with E-state index < -0.39 is 17.7 Å². The molecule has 0 aliphatic carbocycles. The van der Waals surface area contributed by atoms with Crippen LogP contribution in [0, 0.1) is 0 Å². The summed E-state index contributed by atoms with van der Waals surface area (Å²) in [5, 5.41) is 10.2. The third-order valence-electron chi connectivity index (χ3n) is 2.38. The highest BCUT2D eigenvalue weighted by atomic mass is 16.3. The highest BCUT2D eigenvalue weighted by Gasteiger charge is 2.24. The quantitative estimate of drug-likeness (QED) is 0.664. The number of benzene rings is 1. The molecule has 0 fully saturated rings. The molecule has 0 aliphatic rings. The van der Waals surface area contributed by atoms with Crippen LogP contribution in [-0.4, -0.2) is 5.11 Å². The Labute approximate surface area is 106 Å². The number of aromatic hydroxyl groups is 1. The van der Waals surface area contributed by atoms with Gasteiger partial charge in [0.25, 0.3) is 0 Å². The maximum atomic E-state index is 10.2. The zero-order valence-electron chi connectivity index (χ0n) is 15.5. The van der Waals surface area contributed by atoms with Gasteiger partial charge in [-0.3, -0.25) is 0 Å². The number of nitrogen functional groups attached to an aromatic ring is 1. The molecule has 2 nitrogen and oxygen atoms in total. The Morgan fingerprint density at radius 3 is 2.12 bits per heavy atom. The van der Waals surface area contributed by atoms with Gasteiger partial charge in [0.1, 0.15) is 5.75 Å². The first-order valence-electron chi connectivity index (χ1n) is 7.76. The highest BCUT2D eigenvalue weighted by Crippen LogP contribution is 2.38. The van der Waals surface area contributed by atoms with Crippen molar-refractivity contribution < 1.29 is 12.0 Å². The predicted octanol–water partition coefficient (Wildman–Crippen LogP) is 3.57. The summed E-state index contributed by atoms with van der Waals surface area (Å²) >= 11 is 0. The Morgan fingerprint density at radius 2 is 1.69 bits per heavy atom. The lowest BCUT2D eigenvalue weighted by Gasteiger charge is -2.27. The van der Waals surface area contributed by atoms with Gasteiger partial charge in [0.05, 0.1) is 2.74 Å². The maximum absolute atomic E-state index is 10.2. The molecule has 0 radical (unpaired) electrons. The molecule has 0 heterocycles. The molecule has 1 aromatic carbocycles. The molecule has 0 atom stereocenters. The molecule has 0 saturated heterocycles. The van der Waals surface area contributed by atoms with Crippen molar-refractivity contribution in [3.63, 3.8) is 0 Å². The van der Waals surface area contributed by atoms with Crippen LogP contribution in [0.15, 0.2) is 12.1 Å². The van der Waals surface area contributed by atoms with Crippen molar-refractivity contribution >= 4 is 5.69 Å². The maximum Gasteiger partial charge on any atom is 0.121 e. The number of anilines is 1. The number of hydrogen-bond acceptors (Lipinski definition) is 2. The van der Waals surface area contributed by atoms with Gasteiger partial charge in [0, 0.05) is 15.8 Å². The SMILES string of the molecule is [2H]c1c(N)c(C(C)(C)C([2H])([2H])[2H])c([2H])c(C(C)(C)C)c1O. The van der Waals surface area contributed by atoms with Gasteiger partial charge in [0.2, 0.25) is 0 Å². The minimum Gasteiger partial charge on any atom is -0.508 e. The van der Waals surface area contributed by atoms with Gasteiger partial charge in [-0.2, -0.15) is 0 Å². The third kappa shape index (κ3) is 2.49. The zero-order valence-corrected chi connectivity index (χ0v) is 10.5. The summed E-state index contributed by atoms with van der Waals surface area (Å²) in [4.78, 5) is 0. The molecule has 0 spiro atoms. The van der Waals surface area contributed by atoms with Gasteiger partial charge in [-0.25, -0.2) is 0 Å². The summed E-state index contributed by atoms with van der Waals surface area (Å²) in [6, 6.07) is -0.419. The van der Waals surface area contributed by atoms with Gasteiger partial charge in [-0.1, -0.05) is 41.5 Å². The van der Waals surface area contributed by atoms with Crippen LogP contribution in [0.2, 0.25) is 0 Å². The third-order valence-corrected chi connectivity index (χ3v) is 2.38. The van der Waals surface area contributed by atoms with E-state index in [1.54, 1.807) is 20.8 Å². The topological polar surface area (TPSA) is 46.2 Å². The standard InChI is InChI=1S/C14H23NO/c1-13(2,3)9-7-10(14(4,5)6)12(16)8-11(9)15/h7-8,16H,15H2,1-6H3/i1D3,7D,8D. The minimum atomic E-state index is -2.38. The van der Waals surface area contributed by atoms with Crippen LogP contribution in [0.3, 0.4) is 0 Å². The second-order valence-electron chi connectivity index (χ2n) is 5.64. The smallest absolute Gasteiger partial charge is 0.121 e. The van der Waals surface area contributed by atoms with E-state index in [1.807, 2.05) is 0 Å². The van der Waals surface area contributed by atoms with Crippen LogP contribution >= 0.6 is 0 Å². The normalized spacial score (nSPS) is 18.2. The minimum absolute atomic E-state index is 0.0928. The highest BCUT2D eigenvalue weighted by molar-refractivity contribution is 5.58. The number of phenols is 1.